The van der Waals surface area contributed by atoms with Crippen LogP contribution in [0.3, 0.4) is 0 Å². The second kappa shape index (κ2) is 6.04. The van der Waals surface area contributed by atoms with Crippen molar-refractivity contribution in [3.63, 3.8) is 0 Å². The lowest BCUT2D eigenvalue weighted by molar-refractivity contribution is 0.125. The molecule has 0 bridgehead atoms. The quantitative estimate of drug-likeness (QED) is 0.592. The summed E-state index contributed by atoms with van der Waals surface area (Å²) in [5, 5.41) is 23.3. The molecule has 3 heteroatoms. The SMILES string of the molecule is Oc1ccc2cc(C(O)(c3ccccc3)c3cccnc3)ccc2c1. The van der Waals surface area contributed by atoms with Gasteiger partial charge in [-0.15, -0.1) is 0 Å². The van der Waals surface area contributed by atoms with Gasteiger partial charge in [0.1, 0.15) is 11.4 Å². The fourth-order valence-corrected chi connectivity index (χ4v) is 3.21. The number of hydrogen-bond acceptors (Lipinski definition) is 3. The number of hydrogen-bond donors (Lipinski definition) is 2. The number of aromatic nitrogens is 1. The van der Waals surface area contributed by atoms with Crippen LogP contribution in [-0.2, 0) is 5.60 Å². The van der Waals surface area contributed by atoms with Gasteiger partial charge in [-0.25, -0.2) is 0 Å². The fourth-order valence-electron chi connectivity index (χ4n) is 3.21. The van der Waals surface area contributed by atoms with Crippen LogP contribution in [0.25, 0.3) is 10.8 Å². The van der Waals surface area contributed by atoms with Crippen molar-refractivity contribution in [2.24, 2.45) is 0 Å². The van der Waals surface area contributed by atoms with Crippen molar-refractivity contribution >= 4 is 10.8 Å². The molecule has 0 fully saturated rings. The van der Waals surface area contributed by atoms with Crippen LogP contribution in [0, 0.1) is 0 Å². The summed E-state index contributed by atoms with van der Waals surface area (Å²) in [6.45, 7) is 0. The molecular formula is C22H17NO2. The zero-order chi connectivity index (χ0) is 17.3. The second-order valence-electron chi connectivity index (χ2n) is 6.06. The molecule has 0 spiro atoms. The summed E-state index contributed by atoms with van der Waals surface area (Å²) in [6, 6.07) is 24.2. The van der Waals surface area contributed by atoms with Crippen LogP contribution in [0.15, 0.2) is 91.3 Å². The average Bonchev–Trinajstić information content (AvgIpc) is 2.68. The summed E-state index contributed by atoms with van der Waals surface area (Å²) in [7, 11) is 0. The highest BCUT2D eigenvalue weighted by molar-refractivity contribution is 5.85. The van der Waals surface area contributed by atoms with Crippen LogP contribution in [0.1, 0.15) is 16.7 Å². The predicted octanol–water partition coefficient (Wildman–Crippen LogP) is 4.22. The van der Waals surface area contributed by atoms with Crippen LogP contribution in [0.4, 0.5) is 0 Å². The van der Waals surface area contributed by atoms with E-state index in [1.54, 1.807) is 24.5 Å². The van der Waals surface area contributed by atoms with Gasteiger partial charge in [0.25, 0.3) is 0 Å². The Morgan fingerprint density at radius 3 is 2.16 bits per heavy atom. The van der Waals surface area contributed by atoms with E-state index in [-0.39, 0.29) is 5.75 Å². The van der Waals surface area contributed by atoms with Gasteiger partial charge in [0.05, 0.1) is 0 Å². The summed E-state index contributed by atoms with van der Waals surface area (Å²) >= 11 is 0. The van der Waals surface area contributed by atoms with E-state index in [9.17, 15) is 10.2 Å². The van der Waals surface area contributed by atoms with Gasteiger partial charge in [0.2, 0.25) is 0 Å². The van der Waals surface area contributed by atoms with E-state index >= 15 is 0 Å². The molecule has 1 atom stereocenters. The third-order valence-electron chi connectivity index (χ3n) is 4.51. The van der Waals surface area contributed by atoms with Crippen LogP contribution in [0.2, 0.25) is 0 Å². The Bertz CT molecular complexity index is 974. The Hall–Kier alpha value is -3.17. The zero-order valence-electron chi connectivity index (χ0n) is 13.5. The van der Waals surface area contributed by atoms with Crippen molar-refractivity contribution < 1.29 is 10.2 Å². The number of benzene rings is 3. The fraction of sp³-hybridized carbons (Fsp3) is 0.0455. The van der Waals surface area contributed by atoms with Gasteiger partial charge in [-0.05, 0) is 46.2 Å². The van der Waals surface area contributed by atoms with E-state index in [1.807, 2.05) is 66.7 Å². The molecule has 0 saturated heterocycles. The van der Waals surface area contributed by atoms with E-state index in [1.165, 1.54) is 0 Å². The number of aromatic hydroxyl groups is 1. The summed E-state index contributed by atoms with van der Waals surface area (Å²) in [5.41, 5.74) is 0.937. The third kappa shape index (κ3) is 2.65. The minimum Gasteiger partial charge on any atom is -0.508 e. The van der Waals surface area contributed by atoms with Crippen LogP contribution >= 0.6 is 0 Å². The highest BCUT2D eigenvalue weighted by Crippen LogP contribution is 2.37. The smallest absolute Gasteiger partial charge is 0.142 e. The molecule has 3 aromatic carbocycles. The summed E-state index contributed by atoms with van der Waals surface area (Å²) in [4.78, 5) is 4.18. The number of phenolic OH excluding ortho intramolecular Hbond substituents is 1. The van der Waals surface area contributed by atoms with E-state index in [4.69, 9.17) is 0 Å². The minimum absolute atomic E-state index is 0.228. The lowest BCUT2D eigenvalue weighted by Crippen LogP contribution is -2.28. The molecule has 0 saturated carbocycles. The highest BCUT2D eigenvalue weighted by atomic mass is 16.3. The van der Waals surface area contributed by atoms with E-state index in [0.29, 0.717) is 5.56 Å². The van der Waals surface area contributed by atoms with Gasteiger partial charge in [0, 0.05) is 18.0 Å². The normalized spacial score (nSPS) is 13.5. The molecular weight excluding hydrogens is 310 g/mol. The Morgan fingerprint density at radius 2 is 1.40 bits per heavy atom. The van der Waals surface area contributed by atoms with Gasteiger partial charge in [-0.3, -0.25) is 4.98 Å². The molecule has 4 rings (SSSR count). The first-order valence-electron chi connectivity index (χ1n) is 8.09. The first-order valence-corrected chi connectivity index (χ1v) is 8.09. The largest absolute Gasteiger partial charge is 0.508 e. The zero-order valence-corrected chi connectivity index (χ0v) is 13.5. The molecule has 1 heterocycles. The Balaban J connectivity index is 1.97. The molecule has 0 aliphatic rings. The second-order valence-corrected chi connectivity index (χ2v) is 6.06. The van der Waals surface area contributed by atoms with Crippen LogP contribution in [0.5, 0.6) is 5.75 Å². The van der Waals surface area contributed by atoms with Crippen molar-refractivity contribution in [1.82, 2.24) is 4.98 Å². The molecule has 2 N–H and O–H groups in total. The molecule has 1 unspecified atom stereocenters. The molecule has 0 radical (unpaired) electrons. The Labute approximate surface area is 145 Å². The number of pyridine rings is 1. The Kier molecular flexibility index (Phi) is 3.71. The molecule has 25 heavy (non-hydrogen) atoms. The van der Waals surface area contributed by atoms with E-state index in [2.05, 4.69) is 4.98 Å². The number of phenols is 1. The van der Waals surface area contributed by atoms with Crippen LogP contribution < -0.4 is 0 Å². The Morgan fingerprint density at radius 1 is 0.680 bits per heavy atom. The van der Waals surface area contributed by atoms with Gasteiger partial charge in [-0.2, -0.15) is 0 Å². The van der Waals surface area contributed by atoms with Crippen molar-refractivity contribution in [3.8, 4) is 5.75 Å². The molecule has 1 aromatic heterocycles. The number of rotatable bonds is 3. The third-order valence-corrected chi connectivity index (χ3v) is 4.51. The van der Waals surface area contributed by atoms with Gasteiger partial charge in [-0.1, -0.05) is 54.6 Å². The van der Waals surface area contributed by atoms with Crippen molar-refractivity contribution in [3.05, 3.63) is 108 Å². The van der Waals surface area contributed by atoms with E-state index in [0.717, 1.165) is 21.9 Å². The number of fused-ring (bicyclic) bond motifs is 1. The molecule has 122 valence electrons. The standard InChI is InChI=1S/C22H17NO2/c24-21-11-9-16-13-19(10-8-17(16)14-21)22(25,18-5-2-1-3-6-18)20-7-4-12-23-15-20/h1-15,24-25H. The van der Waals surface area contributed by atoms with Crippen molar-refractivity contribution in [2.45, 2.75) is 5.60 Å². The monoisotopic (exact) mass is 327 g/mol. The summed E-state index contributed by atoms with van der Waals surface area (Å²) in [5.74, 6) is 0.228. The number of aliphatic hydroxyl groups is 1. The maximum atomic E-state index is 11.7. The lowest BCUT2D eigenvalue weighted by atomic mass is 9.80. The molecule has 0 aliphatic carbocycles. The maximum absolute atomic E-state index is 11.7. The highest BCUT2D eigenvalue weighted by Gasteiger charge is 2.34. The number of nitrogens with zero attached hydrogens (tertiary/aromatic N) is 1. The topological polar surface area (TPSA) is 53.4 Å². The lowest BCUT2D eigenvalue weighted by Gasteiger charge is -2.30. The molecule has 3 nitrogen and oxygen atoms in total. The molecule has 4 aromatic rings. The average molecular weight is 327 g/mol. The minimum atomic E-state index is -1.30. The summed E-state index contributed by atoms with van der Waals surface area (Å²) in [6.07, 6.45) is 3.38. The van der Waals surface area contributed by atoms with Crippen molar-refractivity contribution in [1.29, 1.82) is 0 Å². The summed E-state index contributed by atoms with van der Waals surface area (Å²) < 4.78 is 0. The maximum Gasteiger partial charge on any atom is 0.142 e. The van der Waals surface area contributed by atoms with Gasteiger partial charge >= 0.3 is 0 Å². The first kappa shape index (κ1) is 15.4. The molecule has 0 aliphatic heterocycles. The van der Waals surface area contributed by atoms with Crippen LogP contribution in [-0.4, -0.2) is 15.2 Å². The van der Waals surface area contributed by atoms with E-state index < -0.39 is 5.60 Å². The van der Waals surface area contributed by atoms with Gasteiger partial charge in [0.15, 0.2) is 0 Å². The first-order chi connectivity index (χ1) is 12.2. The van der Waals surface area contributed by atoms with Crippen molar-refractivity contribution in [2.75, 3.05) is 0 Å². The van der Waals surface area contributed by atoms with Gasteiger partial charge < -0.3 is 10.2 Å². The molecule has 0 amide bonds. The predicted molar refractivity (Wildman–Crippen MR) is 98.4 cm³/mol.